The van der Waals surface area contributed by atoms with Crippen LogP contribution in [0.5, 0.6) is 0 Å². The molecule has 18 heavy (non-hydrogen) atoms. The number of rotatable bonds is 12. The Balaban J connectivity index is 3.96. The molecule has 1 N–H and O–H groups in total. The van der Waals surface area contributed by atoms with Gasteiger partial charge in [-0.2, -0.15) is 0 Å². The first-order valence-electron chi connectivity index (χ1n) is 7.47. The molecule has 110 valence electrons. The van der Waals surface area contributed by atoms with Gasteiger partial charge in [-0.3, -0.25) is 0 Å². The molecule has 0 fully saturated rings. The van der Waals surface area contributed by atoms with E-state index in [0.717, 1.165) is 25.7 Å². The molecule has 3 nitrogen and oxygen atoms in total. The monoisotopic (exact) mass is 260 g/mol. The van der Waals surface area contributed by atoms with E-state index in [-0.39, 0.29) is 5.92 Å². The molecule has 0 aliphatic heterocycles. The Bertz CT molecular complexity index is 179. The van der Waals surface area contributed by atoms with Gasteiger partial charge in [-0.1, -0.05) is 58.8 Å². The van der Waals surface area contributed by atoms with Crippen LogP contribution in [0.25, 0.3) is 0 Å². The quantitative estimate of drug-likeness (QED) is 0.424. The molecule has 0 saturated carbocycles. The largest absolute Gasteiger partial charge is 0.343 e. The number of aliphatic hydroxyl groups is 1. The molecule has 0 radical (unpaired) electrons. The Morgan fingerprint density at radius 3 is 1.89 bits per heavy atom. The molecule has 0 aromatic heterocycles. The summed E-state index contributed by atoms with van der Waals surface area (Å²) in [6.07, 6.45) is 10.6. The van der Waals surface area contributed by atoms with Crippen LogP contribution in [0.2, 0.25) is 0 Å². The van der Waals surface area contributed by atoms with Gasteiger partial charge in [0.25, 0.3) is 5.97 Å². The highest BCUT2D eigenvalue weighted by Crippen LogP contribution is 2.29. The van der Waals surface area contributed by atoms with E-state index in [1.807, 2.05) is 0 Å². The number of unbranched alkanes of at least 4 members (excludes halogenated alkanes) is 5. The lowest BCUT2D eigenvalue weighted by Crippen LogP contribution is -2.41. The summed E-state index contributed by atoms with van der Waals surface area (Å²) in [6, 6.07) is 0. The average Bonchev–Trinajstić information content (AvgIpc) is 2.40. The van der Waals surface area contributed by atoms with Gasteiger partial charge >= 0.3 is 0 Å². The SMILES string of the molecule is CCCCCCCCC(CCC)C(O)(OC)OC. The predicted molar refractivity (Wildman–Crippen MR) is 75.4 cm³/mol. The van der Waals surface area contributed by atoms with Gasteiger partial charge in [0.2, 0.25) is 0 Å². The van der Waals surface area contributed by atoms with E-state index < -0.39 is 5.97 Å². The summed E-state index contributed by atoms with van der Waals surface area (Å²) < 4.78 is 10.3. The molecule has 0 heterocycles. The fourth-order valence-corrected chi connectivity index (χ4v) is 2.45. The third-order valence-electron chi connectivity index (χ3n) is 3.64. The maximum atomic E-state index is 10.2. The van der Waals surface area contributed by atoms with Crippen molar-refractivity contribution in [3.63, 3.8) is 0 Å². The zero-order valence-corrected chi connectivity index (χ0v) is 12.7. The molecule has 3 heteroatoms. The molecule has 0 rings (SSSR count). The van der Waals surface area contributed by atoms with Crippen molar-refractivity contribution in [2.75, 3.05) is 14.2 Å². The Morgan fingerprint density at radius 1 is 0.833 bits per heavy atom. The summed E-state index contributed by atoms with van der Waals surface area (Å²) in [4.78, 5) is 0. The minimum atomic E-state index is -1.40. The zero-order chi connectivity index (χ0) is 13.9. The number of ether oxygens (including phenoxy) is 2. The molecule has 1 unspecified atom stereocenters. The van der Waals surface area contributed by atoms with Gasteiger partial charge in [-0.15, -0.1) is 0 Å². The van der Waals surface area contributed by atoms with Crippen LogP contribution in [0.4, 0.5) is 0 Å². The number of hydrogen-bond acceptors (Lipinski definition) is 3. The second-order valence-corrected chi connectivity index (χ2v) is 5.08. The van der Waals surface area contributed by atoms with Gasteiger partial charge in [0, 0.05) is 20.1 Å². The van der Waals surface area contributed by atoms with Crippen molar-refractivity contribution in [2.45, 2.75) is 77.6 Å². The fourth-order valence-electron chi connectivity index (χ4n) is 2.45. The predicted octanol–water partition coefficient (Wildman–Crippen LogP) is 4.09. The summed E-state index contributed by atoms with van der Waals surface area (Å²) >= 11 is 0. The fraction of sp³-hybridized carbons (Fsp3) is 1.00. The topological polar surface area (TPSA) is 38.7 Å². The van der Waals surface area contributed by atoms with Gasteiger partial charge in [0.05, 0.1) is 0 Å². The Labute approximate surface area is 113 Å². The highest BCUT2D eigenvalue weighted by atomic mass is 16.8. The minimum absolute atomic E-state index is 0.0728. The Morgan fingerprint density at radius 2 is 1.39 bits per heavy atom. The lowest BCUT2D eigenvalue weighted by molar-refractivity contribution is -0.369. The van der Waals surface area contributed by atoms with E-state index in [4.69, 9.17) is 9.47 Å². The number of methoxy groups -OCH3 is 2. The summed E-state index contributed by atoms with van der Waals surface area (Å²) in [5.74, 6) is -1.33. The molecule has 0 aliphatic carbocycles. The molecule has 0 amide bonds. The van der Waals surface area contributed by atoms with Gasteiger partial charge in [-0.05, 0) is 12.8 Å². The van der Waals surface area contributed by atoms with Crippen molar-refractivity contribution in [3.8, 4) is 0 Å². The van der Waals surface area contributed by atoms with Crippen LogP contribution in [0.3, 0.4) is 0 Å². The molecular formula is C15H32O3. The van der Waals surface area contributed by atoms with E-state index in [0.29, 0.717) is 0 Å². The van der Waals surface area contributed by atoms with Crippen molar-refractivity contribution < 1.29 is 14.6 Å². The first-order chi connectivity index (χ1) is 8.64. The summed E-state index contributed by atoms with van der Waals surface area (Å²) in [5, 5.41) is 10.2. The molecule has 0 aliphatic rings. The average molecular weight is 260 g/mol. The van der Waals surface area contributed by atoms with Crippen LogP contribution < -0.4 is 0 Å². The summed E-state index contributed by atoms with van der Waals surface area (Å²) in [6.45, 7) is 4.36. The highest BCUT2D eigenvalue weighted by molar-refractivity contribution is 4.69. The molecular weight excluding hydrogens is 228 g/mol. The van der Waals surface area contributed by atoms with Gasteiger partial charge in [-0.25, -0.2) is 0 Å². The van der Waals surface area contributed by atoms with Crippen LogP contribution >= 0.6 is 0 Å². The second kappa shape index (κ2) is 10.8. The van der Waals surface area contributed by atoms with Crippen molar-refractivity contribution in [1.29, 1.82) is 0 Å². The molecule has 1 atom stereocenters. The zero-order valence-electron chi connectivity index (χ0n) is 12.7. The number of hydrogen-bond donors (Lipinski definition) is 1. The van der Waals surface area contributed by atoms with E-state index in [2.05, 4.69) is 13.8 Å². The van der Waals surface area contributed by atoms with E-state index in [1.54, 1.807) is 0 Å². The summed E-state index contributed by atoms with van der Waals surface area (Å²) in [7, 11) is 3.01. The highest BCUT2D eigenvalue weighted by Gasteiger charge is 2.36. The molecule has 0 bridgehead atoms. The van der Waals surface area contributed by atoms with E-state index in [1.165, 1.54) is 46.3 Å². The third-order valence-corrected chi connectivity index (χ3v) is 3.64. The van der Waals surface area contributed by atoms with Crippen LogP contribution in [-0.2, 0) is 9.47 Å². The third kappa shape index (κ3) is 6.72. The van der Waals surface area contributed by atoms with Gasteiger partial charge in [0.1, 0.15) is 0 Å². The van der Waals surface area contributed by atoms with Gasteiger partial charge < -0.3 is 14.6 Å². The molecule has 0 aromatic carbocycles. The van der Waals surface area contributed by atoms with E-state index >= 15 is 0 Å². The second-order valence-electron chi connectivity index (χ2n) is 5.08. The maximum Gasteiger partial charge on any atom is 0.282 e. The van der Waals surface area contributed by atoms with Gasteiger partial charge in [0.15, 0.2) is 0 Å². The lowest BCUT2D eigenvalue weighted by atomic mass is 9.93. The van der Waals surface area contributed by atoms with Crippen LogP contribution in [-0.4, -0.2) is 25.3 Å². The Kier molecular flexibility index (Phi) is 10.7. The van der Waals surface area contributed by atoms with Crippen LogP contribution in [0, 0.1) is 5.92 Å². The summed E-state index contributed by atoms with van der Waals surface area (Å²) in [5.41, 5.74) is 0. The maximum absolute atomic E-state index is 10.2. The molecule has 0 saturated heterocycles. The Hall–Kier alpha value is -0.120. The van der Waals surface area contributed by atoms with Crippen molar-refractivity contribution in [1.82, 2.24) is 0 Å². The van der Waals surface area contributed by atoms with Crippen LogP contribution in [0.1, 0.15) is 71.6 Å². The normalized spacial score (nSPS) is 13.8. The first kappa shape index (κ1) is 17.9. The molecule has 0 spiro atoms. The van der Waals surface area contributed by atoms with E-state index in [9.17, 15) is 5.11 Å². The minimum Gasteiger partial charge on any atom is -0.343 e. The first-order valence-corrected chi connectivity index (χ1v) is 7.47. The van der Waals surface area contributed by atoms with Crippen molar-refractivity contribution in [3.05, 3.63) is 0 Å². The van der Waals surface area contributed by atoms with Crippen molar-refractivity contribution >= 4 is 0 Å². The lowest BCUT2D eigenvalue weighted by Gasteiger charge is -2.33. The van der Waals surface area contributed by atoms with Crippen molar-refractivity contribution in [2.24, 2.45) is 5.92 Å². The molecule has 0 aromatic rings. The standard InChI is InChI=1S/C15H32O3/c1-5-7-8-9-10-11-13-14(12-6-2)15(16,17-3)18-4/h14,16H,5-13H2,1-4H3. The smallest absolute Gasteiger partial charge is 0.282 e. The van der Waals surface area contributed by atoms with Crippen LogP contribution in [0.15, 0.2) is 0 Å².